The molecule has 0 radical (unpaired) electrons. The minimum absolute atomic E-state index is 0.00574. The van der Waals surface area contributed by atoms with Gasteiger partial charge in [0.1, 0.15) is 0 Å². The van der Waals surface area contributed by atoms with Crippen LogP contribution in [-0.2, 0) is 14.8 Å². The molecule has 2 unspecified atom stereocenters. The molecule has 1 fully saturated rings. The summed E-state index contributed by atoms with van der Waals surface area (Å²) in [7, 11) is -3.38. The Morgan fingerprint density at radius 3 is 3.06 bits per heavy atom. The highest BCUT2D eigenvalue weighted by Gasteiger charge is 2.23. The zero-order chi connectivity index (χ0) is 13.0. The first-order valence-electron chi connectivity index (χ1n) is 5.86. The topological polar surface area (TPSA) is 75.6 Å². The van der Waals surface area contributed by atoms with Gasteiger partial charge in [0.2, 0.25) is 10.0 Å². The van der Waals surface area contributed by atoms with E-state index in [0.717, 1.165) is 18.4 Å². The van der Waals surface area contributed by atoms with E-state index in [-0.39, 0.29) is 18.4 Å². The van der Waals surface area contributed by atoms with Crippen LogP contribution in [0, 0.1) is 0 Å². The Labute approximate surface area is 111 Å². The van der Waals surface area contributed by atoms with Crippen LogP contribution in [-0.4, -0.2) is 38.5 Å². The molecule has 5 nitrogen and oxygen atoms in total. The first-order chi connectivity index (χ1) is 8.57. The first-order valence-corrected chi connectivity index (χ1v) is 8.45. The van der Waals surface area contributed by atoms with E-state index in [0.29, 0.717) is 6.61 Å². The second-order valence-corrected chi connectivity index (χ2v) is 6.97. The third kappa shape index (κ3) is 4.03. The van der Waals surface area contributed by atoms with E-state index in [1.165, 1.54) is 11.3 Å². The number of thiophene rings is 1. The van der Waals surface area contributed by atoms with Crippen LogP contribution >= 0.6 is 11.3 Å². The summed E-state index contributed by atoms with van der Waals surface area (Å²) >= 11 is 1.47. The van der Waals surface area contributed by atoms with Crippen molar-refractivity contribution < 1.29 is 18.3 Å². The molecule has 0 amide bonds. The molecule has 1 aromatic heterocycles. The number of hydrogen-bond acceptors (Lipinski definition) is 5. The Balaban J connectivity index is 1.81. The smallest absolute Gasteiger partial charge is 0.214 e. The molecule has 0 aliphatic carbocycles. The number of ether oxygens (including phenoxy) is 1. The maximum Gasteiger partial charge on any atom is 0.214 e. The highest BCUT2D eigenvalue weighted by Crippen LogP contribution is 2.16. The third-order valence-corrected chi connectivity index (χ3v) is 4.97. The largest absolute Gasteiger partial charge is 0.387 e. The van der Waals surface area contributed by atoms with Gasteiger partial charge in [-0.15, -0.1) is 0 Å². The molecule has 2 atom stereocenters. The fraction of sp³-hybridized carbons (Fsp3) is 0.636. The number of aliphatic hydroxyl groups is 1. The van der Waals surface area contributed by atoms with Crippen molar-refractivity contribution in [3.05, 3.63) is 22.4 Å². The van der Waals surface area contributed by atoms with E-state index in [9.17, 15) is 13.5 Å². The number of nitrogens with one attached hydrogen (secondary N) is 1. The molecule has 0 bridgehead atoms. The molecule has 18 heavy (non-hydrogen) atoms. The summed E-state index contributed by atoms with van der Waals surface area (Å²) in [6.45, 7) is 0.642. The number of sulfonamides is 1. The van der Waals surface area contributed by atoms with Gasteiger partial charge in [-0.3, -0.25) is 0 Å². The zero-order valence-corrected chi connectivity index (χ0v) is 11.5. The van der Waals surface area contributed by atoms with Crippen molar-refractivity contribution in [3.63, 3.8) is 0 Å². The van der Waals surface area contributed by atoms with Gasteiger partial charge in [-0.25, -0.2) is 13.1 Å². The monoisotopic (exact) mass is 291 g/mol. The standard InChI is InChI=1S/C11H17NO4S2/c13-11(9-3-5-17-7-9)6-12-18(14,15)8-10-2-1-4-16-10/h3,5,7,10-13H,1-2,4,6,8H2. The number of aliphatic hydroxyl groups excluding tert-OH is 1. The molecule has 0 spiro atoms. The van der Waals surface area contributed by atoms with Crippen molar-refractivity contribution in [2.45, 2.75) is 25.0 Å². The lowest BCUT2D eigenvalue weighted by molar-refractivity contribution is 0.127. The van der Waals surface area contributed by atoms with Crippen LogP contribution < -0.4 is 4.72 Å². The van der Waals surface area contributed by atoms with Crippen LogP contribution in [0.3, 0.4) is 0 Å². The van der Waals surface area contributed by atoms with Gasteiger partial charge in [0.15, 0.2) is 0 Å². The summed E-state index contributed by atoms with van der Waals surface area (Å²) < 4.78 is 31.2. The lowest BCUT2D eigenvalue weighted by atomic mass is 10.2. The second-order valence-electron chi connectivity index (χ2n) is 4.34. The van der Waals surface area contributed by atoms with E-state index in [1.807, 2.05) is 5.38 Å². The average molecular weight is 291 g/mol. The van der Waals surface area contributed by atoms with Gasteiger partial charge in [-0.2, -0.15) is 11.3 Å². The average Bonchev–Trinajstić information content (AvgIpc) is 2.97. The summed E-state index contributed by atoms with van der Waals surface area (Å²) in [5, 5.41) is 13.4. The summed E-state index contributed by atoms with van der Waals surface area (Å²) in [5.74, 6) is -0.0244. The van der Waals surface area contributed by atoms with Crippen molar-refractivity contribution in [1.82, 2.24) is 4.72 Å². The van der Waals surface area contributed by atoms with Crippen LogP contribution in [0.15, 0.2) is 16.8 Å². The van der Waals surface area contributed by atoms with Gasteiger partial charge in [-0.1, -0.05) is 0 Å². The molecule has 2 rings (SSSR count). The lowest BCUT2D eigenvalue weighted by Gasteiger charge is -2.13. The Hall–Kier alpha value is -0.470. The van der Waals surface area contributed by atoms with Crippen LogP contribution in [0.4, 0.5) is 0 Å². The molecule has 1 aliphatic rings. The fourth-order valence-corrected chi connectivity index (χ4v) is 3.86. The van der Waals surface area contributed by atoms with Crippen LogP contribution in [0.1, 0.15) is 24.5 Å². The molecule has 2 heterocycles. The summed E-state index contributed by atoms with van der Waals surface area (Å²) in [6, 6.07) is 1.78. The van der Waals surface area contributed by atoms with E-state index >= 15 is 0 Å². The van der Waals surface area contributed by atoms with Crippen LogP contribution in [0.25, 0.3) is 0 Å². The maximum absolute atomic E-state index is 11.8. The highest BCUT2D eigenvalue weighted by atomic mass is 32.2. The van der Waals surface area contributed by atoms with Gasteiger partial charge in [0.05, 0.1) is 18.0 Å². The summed E-state index contributed by atoms with van der Waals surface area (Å²) in [5.41, 5.74) is 0.736. The summed E-state index contributed by atoms with van der Waals surface area (Å²) in [6.07, 6.45) is 0.697. The molecule has 2 N–H and O–H groups in total. The van der Waals surface area contributed by atoms with Crippen molar-refractivity contribution in [1.29, 1.82) is 0 Å². The van der Waals surface area contributed by atoms with Gasteiger partial charge in [0.25, 0.3) is 0 Å². The molecular weight excluding hydrogens is 274 g/mol. The van der Waals surface area contributed by atoms with Crippen molar-refractivity contribution in [2.24, 2.45) is 0 Å². The predicted octanol–water partition coefficient (Wildman–Crippen LogP) is 0.880. The fourth-order valence-electron chi connectivity index (χ4n) is 1.87. The van der Waals surface area contributed by atoms with Gasteiger partial charge in [-0.05, 0) is 35.2 Å². The normalized spacial score (nSPS) is 22.2. The minimum Gasteiger partial charge on any atom is -0.387 e. The first kappa shape index (κ1) is 14.0. The second kappa shape index (κ2) is 6.12. The Morgan fingerprint density at radius 2 is 2.44 bits per heavy atom. The zero-order valence-electron chi connectivity index (χ0n) is 9.91. The van der Waals surface area contributed by atoms with Crippen molar-refractivity contribution in [3.8, 4) is 0 Å². The van der Waals surface area contributed by atoms with Crippen LogP contribution in [0.5, 0.6) is 0 Å². The molecule has 102 valence electrons. The molecule has 0 aromatic carbocycles. The quantitative estimate of drug-likeness (QED) is 0.816. The highest BCUT2D eigenvalue weighted by molar-refractivity contribution is 7.89. The number of rotatable bonds is 6. The van der Waals surface area contributed by atoms with E-state index < -0.39 is 16.1 Å². The number of hydrogen-bond donors (Lipinski definition) is 2. The van der Waals surface area contributed by atoms with E-state index in [2.05, 4.69) is 4.72 Å². The molecule has 1 saturated heterocycles. The van der Waals surface area contributed by atoms with Crippen molar-refractivity contribution in [2.75, 3.05) is 18.9 Å². The molecular formula is C11H17NO4S2. The Morgan fingerprint density at radius 1 is 1.61 bits per heavy atom. The van der Waals surface area contributed by atoms with Gasteiger partial charge in [0, 0.05) is 13.2 Å². The maximum atomic E-state index is 11.8. The predicted molar refractivity (Wildman–Crippen MR) is 70.0 cm³/mol. The third-order valence-electron chi connectivity index (χ3n) is 2.85. The minimum atomic E-state index is -3.38. The molecule has 0 saturated carbocycles. The van der Waals surface area contributed by atoms with Crippen molar-refractivity contribution >= 4 is 21.4 Å². The lowest BCUT2D eigenvalue weighted by Crippen LogP contribution is -2.34. The van der Waals surface area contributed by atoms with Crippen LogP contribution in [0.2, 0.25) is 0 Å². The SMILES string of the molecule is O=S(=O)(CC1CCCO1)NCC(O)c1ccsc1. The van der Waals surface area contributed by atoms with Gasteiger partial charge >= 0.3 is 0 Å². The Bertz CT molecular complexity index is 451. The molecule has 1 aromatic rings. The van der Waals surface area contributed by atoms with E-state index in [4.69, 9.17) is 4.74 Å². The summed E-state index contributed by atoms with van der Waals surface area (Å²) in [4.78, 5) is 0. The van der Waals surface area contributed by atoms with E-state index in [1.54, 1.807) is 11.4 Å². The molecule has 1 aliphatic heterocycles. The van der Waals surface area contributed by atoms with Gasteiger partial charge < -0.3 is 9.84 Å². The Kier molecular flexibility index (Phi) is 4.74. The molecule has 7 heteroatoms.